The van der Waals surface area contributed by atoms with Crippen LogP contribution in [0, 0.1) is 5.92 Å². The maximum absolute atomic E-state index is 13.0. The van der Waals surface area contributed by atoms with Crippen LogP contribution in [0.3, 0.4) is 0 Å². The van der Waals surface area contributed by atoms with E-state index < -0.39 is 97.5 Å². The molecule has 0 heterocycles. The number of aliphatic hydroxyl groups excluding tert-OH is 1. The summed E-state index contributed by atoms with van der Waals surface area (Å²) in [5.41, 5.74) is 0. The highest BCUT2D eigenvalue weighted by Crippen LogP contribution is 2.45. The second-order valence-corrected chi connectivity index (χ2v) is 27.6. The van der Waals surface area contributed by atoms with Crippen molar-refractivity contribution in [2.24, 2.45) is 5.92 Å². The lowest BCUT2D eigenvalue weighted by Crippen LogP contribution is -2.30. The molecule has 3 N–H and O–H groups in total. The molecule has 0 aromatic carbocycles. The van der Waals surface area contributed by atoms with Gasteiger partial charge in [-0.15, -0.1) is 0 Å². The van der Waals surface area contributed by atoms with Gasteiger partial charge in [0.25, 0.3) is 0 Å². The lowest BCUT2D eigenvalue weighted by molar-refractivity contribution is -0.161. The van der Waals surface area contributed by atoms with Gasteiger partial charge in [0.15, 0.2) is 12.2 Å². The molecular formula is C67H130O17P2. The van der Waals surface area contributed by atoms with Crippen molar-refractivity contribution < 1.29 is 80.2 Å². The lowest BCUT2D eigenvalue weighted by atomic mass is 10.0. The van der Waals surface area contributed by atoms with E-state index in [0.717, 1.165) is 95.8 Å². The van der Waals surface area contributed by atoms with Crippen LogP contribution in [0.15, 0.2) is 0 Å². The summed E-state index contributed by atoms with van der Waals surface area (Å²) in [6.45, 7) is 7.19. The van der Waals surface area contributed by atoms with Crippen molar-refractivity contribution in [1.82, 2.24) is 0 Å². The van der Waals surface area contributed by atoms with Crippen LogP contribution < -0.4 is 0 Å². The van der Waals surface area contributed by atoms with E-state index in [1.54, 1.807) is 0 Å². The molecule has 2 unspecified atom stereocenters. The van der Waals surface area contributed by atoms with E-state index in [9.17, 15) is 43.2 Å². The van der Waals surface area contributed by atoms with E-state index in [1.807, 2.05) is 0 Å². The molecule has 19 heteroatoms. The third-order valence-electron chi connectivity index (χ3n) is 15.5. The van der Waals surface area contributed by atoms with E-state index in [-0.39, 0.29) is 25.7 Å². The fourth-order valence-electron chi connectivity index (χ4n) is 10.1. The molecule has 0 aromatic heterocycles. The molecule has 0 aliphatic heterocycles. The Morgan fingerprint density at radius 2 is 0.535 bits per heavy atom. The van der Waals surface area contributed by atoms with Gasteiger partial charge in [0.2, 0.25) is 0 Å². The molecular weight excluding hydrogens is 1140 g/mol. The molecule has 0 bridgehead atoms. The first kappa shape index (κ1) is 84.1. The first-order valence-electron chi connectivity index (χ1n) is 35.1. The zero-order valence-corrected chi connectivity index (χ0v) is 57.2. The van der Waals surface area contributed by atoms with Crippen LogP contribution in [0.25, 0.3) is 0 Å². The predicted octanol–water partition coefficient (Wildman–Crippen LogP) is 19.0. The van der Waals surface area contributed by atoms with E-state index >= 15 is 0 Å². The van der Waals surface area contributed by atoms with Gasteiger partial charge in [0.05, 0.1) is 26.4 Å². The number of ether oxygens (including phenoxy) is 4. The number of unbranched alkanes of at least 4 members (excludes halogenated alkanes) is 39. The highest BCUT2D eigenvalue weighted by molar-refractivity contribution is 7.47. The molecule has 0 aliphatic carbocycles. The highest BCUT2D eigenvalue weighted by Gasteiger charge is 2.30. The Labute approximate surface area is 524 Å². The average Bonchev–Trinajstić information content (AvgIpc) is 3.65. The van der Waals surface area contributed by atoms with Crippen LogP contribution >= 0.6 is 15.6 Å². The maximum atomic E-state index is 13.0. The third kappa shape index (κ3) is 60.9. The Hall–Kier alpha value is -1.94. The summed E-state index contributed by atoms with van der Waals surface area (Å²) in [5, 5.41) is 10.6. The van der Waals surface area contributed by atoms with Crippen LogP contribution in [0.4, 0.5) is 0 Å². The normalized spacial score (nSPS) is 14.2. The van der Waals surface area contributed by atoms with Crippen molar-refractivity contribution in [1.29, 1.82) is 0 Å². The first-order chi connectivity index (χ1) is 41.5. The van der Waals surface area contributed by atoms with Crippen molar-refractivity contribution in [3.8, 4) is 0 Å². The second kappa shape index (κ2) is 60.6. The Morgan fingerprint density at radius 1 is 0.314 bits per heavy atom. The summed E-state index contributed by atoms with van der Waals surface area (Å²) >= 11 is 0. The van der Waals surface area contributed by atoms with Gasteiger partial charge in [-0.05, 0) is 31.6 Å². The molecule has 0 spiro atoms. The number of rotatable bonds is 67. The average molecular weight is 1270 g/mol. The number of phosphoric acid groups is 2. The van der Waals surface area contributed by atoms with Crippen LogP contribution in [-0.4, -0.2) is 96.7 Å². The molecule has 0 amide bonds. The second-order valence-electron chi connectivity index (χ2n) is 24.7. The van der Waals surface area contributed by atoms with E-state index in [2.05, 4.69) is 34.6 Å². The zero-order valence-electron chi connectivity index (χ0n) is 55.4. The molecule has 0 fully saturated rings. The summed E-state index contributed by atoms with van der Waals surface area (Å²) in [5.74, 6) is -1.38. The minimum atomic E-state index is -4.95. The van der Waals surface area contributed by atoms with Gasteiger partial charge in [-0.25, -0.2) is 9.13 Å². The monoisotopic (exact) mass is 1270 g/mol. The van der Waals surface area contributed by atoms with E-state index in [4.69, 9.17) is 37.0 Å². The Balaban J connectivity index is 5.24. The molecule has 0 saturated carbocycles. The Bertz CT molecular complexity index is 1670. The summed E-state index contributed by atoms with van der Waals surface area (Å²) in [6.07, 6.45) is 45.7. The van der Waals surface area contributed by atoms with Crippen molar-refractivity contribution in [3.63, 3.8) is 0 Å². The predicted molar refractivity (Wildman–Crippen MR) is 345 cm³/mol. The van der Waals surface area contributed by atoms with Gasteiger partial charge in [-0.1, -0.05) is 291 Å². The molecule has 17 nitrogen and oxygen atoms in total. The van der Waals surface area contributed by atoms with Crippen molar-refractivity contribution >= 4 is 39.5 Å². The molecule has 0 aliphatic rings. The van der Waals surface area contributed by atoms with E-state index in [1.165, 1.54) is 167 Å². The number of phosphoric ester groups is 2. The van der Waals surface area contributed by atoms with Gasteiger partial charge in [0.1, 0.15) is 19.3 Å². The zero-order chi connectivity index (χ0) is 63.5. The first-order valence-corrected chi connectivity index (χ1v) is 38.1. The van der Waals surface area contributed by atoms with Gasteiger partial charge in [-0.2, -0.15) is 0 Å². The standard InChI is InChI=1S/C67H130O17P2/c1-6-9-12-15-18-21-24-25-26-27-32-38-43-48-53-67(72)84-63(57-78-65(70)51-46-41-36-33-28-29-34-39-44-49-60(4)5)59-82-86(75,76)80-55-61(68)54-79-85(73,74)81-58-62(83-66(71)52-47-42-37-31-23-20-17-14-11-8-3)56-77-64(69)50-45-40-35-30-22-19-16-13-10-7-2/h60-63,68H,6-59H2,1-5H3,(H,73,74)(H,75,76)/t61-,62+,63+/m0/s1. The van der Waals surface area contributed by atoms with Crippen molar-refractivity contribution in [2.75, 3.05) is 39.6 Å². The fourth-order valence-corrected chi connectivity index (χ4v) is 11.7. The fraction of sp³-hybridized carbons (Fsp3) is 0.940. The molecule has 0 rings (SSSR count). The van der Waals surface area contributed by atoms with Gasteiger partial charge in [-0.3, -0.25) is 37.3 Å². The Morgan fingerprint density at radius 3 is 0.791 bits per heavy atom. The quantitative estimate of drug-likeness (QED) is 0.0222. The van der Waals surface area contributed by atoms with Crippen LogP contribution in [0.5, 0.6) is 0 Å². The topological polar surface area (TPSA) is 237 Å². The smallest absolute Gasteiger partial charge is 0.462 e. The summed E-state index contributed by atoms with van der Waals surface area (Å²) < 4.78 is 68.1. The molecule has 510 valence electrons. The van der Waals surface area contributed by atoms with Gasteiger partial charge < -0.3 is 33.8 Å². The van der Waals surface area contributed by atoms with Crippen molar-refractivity contribution in [2.45, 2.75) is 361 Å². The SMILES string of the molecule is CCCCCCCCCCCCCCCCC(=O)O[C@H](COC(=O)CCCCCCCCCCCC(C)C)COP(=O)(O)OC[C@@H](O)COP(=O)(O)OC[C@@H](COC(=O)CCCCCCCCCCCC)OC(=O)CCCCCCCCCCCC. The van der Waals surface area contributed by atoms with Gasteiger partial charge >= 0.3 is 39.5 Å². The minimum absolute atomic E-state index is 0.107. The minimum Gasteiger partial charge on any atom is -0.462 e. The van der Waals surface area contributed by atoms with Gasteiger partial charge in [0, 0.05) is 25.7 Å². The molecule has 0 radical (unpaired) electrons. The number of hydrogen-bond donors (Lipinski definition) is 3. The maximum Gasteiger partial charge on any atom is 0.472 e. The van der Waals surface area contributed by atoms with E-state index in [0.29, 0.717) is 25.7 Å². The highest BCUT2D eigenvalue weighted by atomic mass is 31.2. The van der Waals surface area contributed by atoms with Crippen LogP contribution in [-0.2, 0) is 65.4 Å². The number of hydrogen-bond acceptors (Lipinski definition) is 15. The number of esters is 4. The summed E-state index contributed by atoms with van der Waals surface area (Å²) in [6, 6.07) is 0. The summed E-state index contributed by atoms with van der Waals surface area (Å²) in [7, 11) is -9.89. The largest absolute Gasteiger partial charge is 0.472 e. The van der Waals surface area contributed by atoms with Crippen LogP contribution in [0.2, 0.25) is 0 Å². The molecule has 0 aromatic rings. The van der Waals surface area contributed by atoms with Crippen molar-refractivity contribution in [3.05, 3.63) is 0 Å². The van der Waals surface area contributed by atoms with Crippen LogP contribution in [0.1, 0.15) is 343 Å². The number of carbonyl (C=O) groups is 4. The molecule has 0 saturated heterocycles. The Kier molecular flexibility index (Phi) is 59.2. The molecule has 86 heavy (non-hydrogen) atoms. The molecule has 5 atom stereocenters. The number of carbonyl (C=O) groups excluding carboxylic acids is 4. The number of aliphatic hydroxyl groups is 1. The summed E-state index contributed by atoms with van der Waals surface area (Å²) in [4.78, 5) is 72.3. The third-order valence-corrected chi connectivity index (χ3v) is 17.4. The lowest BCUT2D eigenvalue weighted by Gasteiger charge is -2.21.